The van der Waals surface area contributed by atoms with Gasteiger partial charge in [-0.05, 0) is 40.9 Å². The van der Waals surface area contributed by atoms with E-state index in [9.17, 15) is 14.4 Å². The predicted molar refractivity (Wildman–Crippen MR) is 71.0 cm³/mol. The van der Waals surface area contributed by atoms with Crippen molar-refractivity contribution in [3.63, 3.8) is 0 Å². The molecule has 1 heterocycles. The number of amides is 1. The number of benzene rings is 1. The molecule has 2 rings (SSSR count). The Labute approximate surface area is 120 Å². The molecule has 0 N–H and O–H groups in total. The number of halogens is 2. The van der Waals surface area contributed by atoms with E-state index in [1.165, 1.54) is 0 Å². The molecule has 1 aromatic rings. The molecule has 100 valence electrons. The van der Waals surface area contributed by atoms with Crippen LogP contribution in [0.4, 0.5) is 0 Å². The van der Waals surface area contributed by atoms with Gasteiger partial charge < -0.3 is 4.90 Å². The summed E-state index contributed by atoms with van der Waals surface area (Å²) in [4.78, 5) is 35.3. The van der Waals surface area contributed by atoms with Crippen molar-refractivity contribution in [3.05, 3.63) is 35.4 Å². The minimum absolute atomic E-state index is 0.0866. The van der Waals surface area contributed by atoms with Crippen LogP contribution >= 0.6 is 23.2 Å². The van der Waals surface area contributed by atoms with Crippen LogP contribution in [0.25, 0.3) is 0 Å². The summed E-state index contributed by atoms with van der Waals surface area (Å²) in [5, 5.41) is -0.990. The van der Waals surface area contributed by atoms with Gasteiger partial charge in [0.1, 0.15) is 0 Å². The minimum Gasteiger partial charge on any atom is -0.338 e. The summed E-state index contributed by atoms with van der Waals surface area (Å²) < 4.78 is 0. The second kappa shape index (κ2) is 5.72. The Hall–Kier alpha value is -1.39. The summed E-state index contributed by atoms with van der Waals surface area (Å²) in [5.41, 5.74) is 1.28. The van der Waals surface area contributed by atoms with E-state index in [-0.39, 0.29) is 12.3 Å². The van der Waals surface area contributed by atoms with E-state index in [0.29, 0.717) is 18.7 Å². The molecule has 6 heteroatoms. The Balaban J connectivity index is 2.03. The smallest absolute Gasteiger partial charge is 0.252 e. The molecule has 0 radical (unpaired) electrons. The second-order valence-electron chi connectivity index (χ2n) is 4.45. The minimum atomic E-state index is -0.517. The molecule has 1 aliphatic heterocycles. The quantitative estimate of drug-likeness (QED) is 0.801. The lowest BCUT2D eigenvalue weighted by Gasteiger charge is -2.16. The normalized spacial score (nSPS) is 18.7. The highest BCUT2D eigenvalue weighted by atomic mass is 35.5. The molecule has 1 aromatic carbocycles. The van der Waals surface area contributed by atoms with Crippen LogP contribution in [0.5, 0.6) is 0 Å². The SMILES string of the molecule is O=C(Cl)c1ccc(CN2C[C@@H](C(=O)Cl)CC2=O)cc1. The predicted octanol–water partition coefficient (Wildman–Crippen LogP) is 2.18. The molecule has 0 unspecified atom stereocenters. The molecule has 1 atom stereocenters. The van der Waals surface area contributed by atoms with E-state index in [1.807, 2.05) is 0 Å². The highest BCUT2D eigenvalue weighted by Gasteiger charge is 2.33. The molecular formula is C13H11Cl2NO3. The number of hydrogen-bond acceptors (Lipinski definition) is 3. The first kappa shape index (κ1) is 14.0. The van der Waals surface area contributed by atoms with Crippen molar-refractivity contribution < 1.29 is 14.4 Å². The number of carbonyl (C=O) groups excluding carboxylic acids is 3. The first-order chi connectivity index (χ1) is 8.97. The largest absolute Gasteiger partial charge is 0.338 e. The Bertz CT molecular complexity index is 527. The number of likely N-dealkylation sites (tertiary alicyclic amines) is 1. The molecule has 1 saturated heterocycles. The fraction of sp³-hybridized carbons (Fsp3) is 0.308. The van der Waals surface area contributed by atoms with E-state index in [4.69, 9.17) is 23.2 Å². The van der Waals surface area contributed by atoms with Gasteiger partial charge in [-0.2, -0.15) is 0 Å². The summed E-state index contributed by atoms with van der Waals surface area (Å²) in [6.45, 7) is 0.744. The van der Waals surface area contributed by atoms with Crippen molar-refractivity contribution in [1.29, 1.82) is 0 Å². The third kappa shape index (κ3) is 3.33. The molecule has 19 heavy (non-hydrogen) atoms. The van der Waals surface area contributed by atoms with E-state index >= 15 is 0 Å². The van der Waals surface area contributed by atoms with Crippen LogP contribution in [0.1, 0.15) is 22.3 Å². The van der Waals surface area contributed by atoms with E-state index in [2.05, 4.69) is 0 Å². The maximum Gasteiger partial charge on any atom is 0.252 e. The van der Waals surface area contributed by atoms with Crippen LogP contribution in [0.2, 0.25) is 0 Å². The van der Waals surface area contributed by atoms with Crippen LogP contribution in [0.15, 0.2) is 24.3 Å². The highest BCUT2D eigenvalue weighted by molar-refractivity contribution is 6.67. The fourth-order valence-corrected chi connectivity index (χ4v) is 2.31. The lowest BCUT2D eigenvalue weighted by atomic mass is 10.1. The molecule has 1 fully saturated rings. The van der Waals surface area contributed by atoms with Gasteiger partial charge in [0.25, 0.3) is 5.24 Å². The molecule has 1 aliphatic rings. The molecular weight excluding hydrogens is 289 g/mol. The molecule has 0 bridgehead atoms. The average molecular weight is 300 g/mol. The molecule has 0 saturated carbocycles. The van der Waals surface area contributed by atoms with Gasteiger partial charge in [0, 0.05) is 25.1 Å². The van der Waals surface area contributed by atoms with Gasteiger partial charge in [-0.15, -0.1) is 0 Å². The summed E-state index contributed by atoms with van der Waals surface area (Å²) in [6, 6.07) is 6.68. The van der Waals surface area contributed by atoms with Gasteiger partial charge >= 0.3 is 0 Å². The van der Waals surface area contributed by atoms with E-state index in [1.54, 1.807) is 29.2 Å². The van der Waals surface area contributed by atoms with Crippen LogP contribution < -0.4 is 0 Å². The van der Waals surface area contributed by atoms with Crippen molar-refractivity contribution in [2.75, 3.05) is 6.54 Å². The van der Waals surface area contributed by atoms with E-state index < -0.39 is 16.4 Å². The fourth-order valence-electron chi connectivity index (χ4n) is 2.04. The number of rotatable bonds is 4. The van der Waals surface area contributed by atoms with Crippen LogP contribution in [-0.4, -0.2) is 27.8 Å². The van der Waals surface area contributed by atoms with Gasteiger partial charge in [-0.25, -0.2) is 0 Å². The number of carbonyl (C=O) groups is 3. The Morgan fingerprint density at radius 2 is 1.84 bits per heavy atom. The van der Waals surface area contributed by atoms with Crippen molar-refractivity contribution in [2.24, 2.45) is 5.92 Å². The van der Waals surface area contributed by atoms with Crippen LogP contribution in [0.3, 0.4) is 0 Å². The van der Waals surface area contributed by atoms with Gasteiger partial charge in [0.2, 0.25) is 11.1 Å². The average Bonchev–Trinajstić information content (AvgIpc) is 2.72. The first-order valence-corrected chi connectivity index (χ1v) is 6.49. The second-order valence-corrected chi connectivity index (χ2v) is 5.17. The zero-order valence-corrected chi connectivity index (χ0v) is 11.4. The Morgan fingerprint density at radius 3 is 2.32 bits per heavy atom. The maximum atomic E-state index is 11.7. The molecule has 1 amide bonds. The van der Waals surface area contributed by atoms with Crippen molar-refractivity contribution in [1.82, 2.24) is 4.90 Å². The standard InChI is InChI=1S/C13H11Cl2NO3/c14-12(18)9-3-1-8(2-4-9)6-16-7-10(13(15)19)5-11(16)17/h1-4,10H,5-7H2/t10-/m0/s1. The maximum absolute atomic E-state index is 11.7. The highest BCUT2D eigenvalue weighted by Crippen LogP contribution is 2.22. The summed E-state index contributed by atoms with van der Waals surface area (Å²) in [6.07, 6.45) is 0.167. The Kier molecular flexibility index (Phi) is 4.22. The molecule has 0 spiro atoms. The topological polar surface area (TPSA) is 54.5 Å². The first-order valence-electron chi connectivity index (χ1n) is 5.73. The van der Waals surface area contributed by atoms with Gasteiger partial charge in [0.15, 0.2) is 0 Å². The molecule has 4 nitrogen and oxygen atoms in total. The third-order valence-electron chi connectivity index (χ3n) is 3.09. The summed E-state index contributed by atoms with van der Waals surface area (Å²) >= 11 is 10.8. The van der Waals surface area contributed by atoms with Gasteiger partial charge in [-0.1, -0.05) is 12.1 Å². The van der Waals surface area contributed by atoms with Crippen LogP contribution in [-0.2, 0) is 16.1 Å². The zero-order chi connectivity index (χ0) is 14.0. The monoisotopic (exact) mass is 299 g/mol. The lowest BCUT2D eigenvalue weighted by Crippen LogP contribution is -2.25. The van der Waals surface area contributed by atoms with Crippen molar-refractivity contribution >= 4 is 39.6 Å². The molecule has 0 aromatic heterocycles. The van der Waals surface area contributed by atoms with Gasteiger partial charge in [-0.3, -0.25) is 14.4 Å². The number of nitrogens with zero attached hydrogens (tertiary/aromatic N) is 1. The zero-order valence-electron chi connectivity index (χ0n) is 9.94. The van der Waals surface area contributed by atoms with Crippen molar-refractivity contribution in [3.8, 4) is 0 Å². The summed E-state index contributed by atoms with van der Waals surface area (Å²) in [7, 11) is 0. The summed E-state index contributed by atoms with van der Waals surface area (Å²) in [5.74, 6) is -0.505. The molecule has 0 aliphatic carbocycles. The van der Waals surface area contributed by atoms with Crippen LogP contribution in [0, 0.1) is 5.92 Å². The Morgan fingerprint density at radius 1 is 1.21 bits per heavy atom. The van der Waals surface area contributed by atoms with Gasteiger partial charge in [0.05, 0.1) is 5.92 Å². The third-order valence-corrected chi connectivity index (χ3v) is 3.62. The van der Waals surface area contributed by atoms with E-state index in [0.717, 1.165) is 5.56 Å². The lowest BCUT2D eigenvalue weighted by molar-refractivity contribution is -0.128. The number of hydrogen-bond donors (Lipinski definition) is 0. The van der Waals surface area contributed by atoms with Crippen molar-refractivity contribution in [2.45, 2.75) is 13.0 Å².